The van der Waals surface area contributed by atoms with Crippen molar-refractivity contribution in [2.45, 2.75) is 91.1 Å². The lowest BCUT2D eigenvalue weighted by Crippen LogP contribution is -2.43. The average molecular weight is 379 g/mol. The van der Waals surface area contributed by atoms with E-state index in [1.807, 2.05) is 11.5 Å². The fourth-order valence-corrected chi connectivity index (χ4v) is 3.37. The molecule has 0 spiro atoms. The van der Waals surface area contributed by atoms with Gasteiger partial charge in [0.25, 0.3) is 0 Å². The molecule has 0 bridgehead atoms. The maximum Gasteiger partial charge on any atom is 0.369 e. The Bertz CT molecular complexity index is 519. The highest BCUT2D eigenvalue weighted by Crippen LogP contribution is 2.10. The smallest absolute Gasteiger partial charge is 0.369 e. The van der Waals surface area contributed by atoms with E-state index in [9.17, 15) is 4.79 Å². The minimum absolute atomic E-state index is 0.0226. The van der Waals surface area contributed by atoms with Crippen LogP contribution in [0.1, 0.15) is 85.0 Å². The number of rotatable bonds is 15. The van der Waals surface area contributed by atoms with Crippen LogP contribution in [0.5, 0.6) is 0 Å². The molecule has 0 amide bonds. The lowest BCUT2D eigenvalue weighted by molar-refractivity contribution is -0.517. The molecule has 154 valence electrons. The maximum atomic E-state index is 10.9. The van der Waals surface area contributed by atoms with Gasteiger partial charge in [0, 0.05) is 18.9 Å². The largest absolute Gasteiger partial charge is 0.477 e. The Morgan fingerprint density at radius 3 is 2.33 bits per heavy atom. The highest BCUT2D eigenvalue weighted by molar-refractivity contribution is 5.94. The molecule has 0 saturated carbocycles. The van der Waals surface area contributed by atoms with Crippen LogP contribution in [-0.2, 0) is 4.79 Å². The summed E-state index contributed by atoms with van der Waals surface area (Å²) in [5.41, 5.74) is 0.835. The topological polar surface area (TPSA) is 55.6 Å². The summed E-state index contributed by atoms with van der Waals surface area (Å²) >= 11 is 0. The van der Waals surface area contributed by atoms with Crippen LogP contribution in [0.25, 0.3) is 0 Å². The van der Waals surface area contributed by atoms with Gasteiger partial charge in [-0.15, -0.1) is 0 Å². The van der Waals surface area contributed by atoms with E-state index in [0.29, 0.717) is 6.54 Å². The van der Waals surface area contributed by atoms with Gasteiger partial charge in [-0.3, -0.25) is 5.32 Å². The number of hydrogen-bond acceptors (Lipinski definition) is 3. The Labute approximate surface area is 166 Å². The van der Waals surface area contributed by atoms with Gasteiger partial charge in [-0.25, -0.2) is 9.37 Å². The Morgan fingerprint density at radius 1 is 1.15 bits per heavy atom. The molecule has 0 radical (unpaired) electrons. The maximum absolute atomic E-state index is 10.9. The fraction of sp³-hybridized carbons (Fsp3) is 0.818. The molecule has 1 heterocycles. The number of nitrogens with one attached hydrogen (secondary N) is 1. The van der Waals surface area contributed by atoms with Crippen molar-refractivity contribution in [3.05, 3.63) is 0 Å². The third kappa shape index (κ3) is 11.0. The van der Waals surface area contributed by atoms with Crippen LogP contribution in [0, 0.1) is 12.0 Å². The van der Waals surface area contributed by atoms with Gasteiger partial charge >= 0.3 is 5.97 Å². The van der Waals surface area contributed by atoms with Crippen molar-refractivity contribution in [1.82, 2.24) is 10.2 Å². The molecule has 0 aliphatic carbocycles. The fourth-order valence-electron chi connectivity index (χ4n) is 3.37. The number of aliphatic carboxylic acids is 1. The summed E-state index contributed by atoms with van der Waals surface area (Å²) < 4.78 is 1.84. The van der Waals surface area contributed by atoms with Crippen LogP contribution in [0.2, 0.25) is 0 Å². The second-order valence-corrected chi connectivity index (χ2v) is 7.64. The van der Waals surface area contributed by atoms with Crippen molar-refractivity contribution in [2.24, 2.45) is 0 Å². The van der Waals surface area contributed by atoms with Gasteiger partial charge < -0.3 is 10.0 Å². The summed E-state index contributed by atoms with van der Waals surface area (Å²) in [6, 6.07) is 3.17. The van der Waals surface area contributed by atoms with Crippen molar-refractivity contribution in [1.29, 1.82) is 0 Å². The Kier molecular flexibility index (Phi) is 12.6. The van der Waals surface area contributed by atoms with E-state index < -0.39 is 5.97 Å². The summed E-state index contributed by atoms with van der Waals surface area (Å²) in [6.07, 6.45) is 13.7. The Morgan fingerprint density at radius 2 is 1.74 bits per heavy atom. The minimum Gasteiger partial charge on any atom is -0.477 e. The van der Waals surface area contributed by atoms with Crippen LogP contribution in [0.3, 0.4) is 0 Å². The first-order valence-corrected chi connectivity index (χ1v) is 10.9. The second-order valence-electron chi connectivity index (χ2n) is 7.64. The number of unbranched alkanes of at least 4 members (excludes halogenated alkanes) is 9. The molecule has 1 atom stereocenters. The Hall–Kier alpha value is -1.54. The molecule has 0 saturated heterocycles. The van der Waals surface area contributed by atoms with Gasteiger partial charge in [-0.2, -0.15) is 0 Å². The van der Waals surface area contributed by atoms with E-state index in [4.69, 9.17) is 5.11 Å². The van der Waals surface area contributed by atoms with E-state index in [-0.39, 0.29) is 12.7 Å². The molecule has 0 aromatic carbocycles. The summed E-state index contributed by atoms with van der Waals surface area (Å²) in [5, 5.41) is 12.5. The molecular weight excluding hydrogens is 338 g/mol. The summed E-state index contributed by atoms with van der Waals surface area (Å²) in [5.74, 6) is 2.28. The molecule has 0 aromatic rings. The van der Waals surface area contributed by atoms with Crippen molar-refractivity contribution >= 4 is 11.7 Å². The zero-order valence-corrected chi connectivity index (χ0v) is 17.7. The molecule has 0 fully saturated rings. The van der Waals surface area contributed by atoms with E-state index >= 15 is 0 Å². The third-order valence-corrected chi connectivity index (χ3v) is 5.23. The predicted molar refractivity (Wildman–Crippen MR) is 112 cm³/mol. The Balaban J connectivity index is 2.10. The number of carboxylic acids is 1. The highest BCUT2D eigenvalue weighted by Gasteiger charge is 2.20. The predicted octanol–water partition coefficient (Wildman–Crippen LogP) is 3.68. The number of carbonyl (C=O) groups is 1. The molecule has 1 aliphatic rings. The number of hydrogen-bond donors (Lipinski definition) is 2. The molecular formula is C22H40N3O2+. The van der Waals surface area contributed by atoms with Crippen LogP contribution in [0.4, 0.5) is 0 Å². The van der Waals surface area contributed by atoms with Gasteiger partial charge in [0.15, 0.2) is 6.54 Å². The molecule has 2 N–H and O–H groups in total. The zero-order valence-electron chi connectivity index (χ0n) is 17.7. The lowest BCUT2D eigenvalue weighted by Gasteiger charge is -2.24. The van der Waals surface area contributed by atoms with E-state index in [1.54, 1.807) is 0 Å². The summed E-state index contributed by atoms with van der Waals surface area (Å²) in [4.78, 5) is 13.0. The highest BCUT2D eigenvalue weighted by atomic mass is 16.4. The zero-order chi connectivity index (χ0) is 19.9. The van der Waals surface area contributed by atoms with Gasteiger partial charge in [-0.1, -0.05) is 64.7 Å². The number of carboxylic acid groups (broad SMARTS) is 1. The molecule has 1 rings (SSSR count). The molecule has 1 unspecified atom stereocenters. The van der Waals surface area contributed by atoms with Crippen LogP contribution < -0.4 is 5.32 Å². The van der Waals surface area contributed by atoms with Gasteiger partial charge in [0.1, 0.15) is 0 Å². The lowest BCUT2D eigenvalue weighted by atomic mass is 10.1. The van der Waals surface area contributed by atoms with Crippen LogP contribution in [0.15, 0.2) is 0 Å². The quantitative estimate of drug-likeness (QED) is 0.259. The van der Waals surface area contributed by atoms with E-state index in [2.05, 4.69) is 36.0 Å². The molecule has 1 aliphatic heterocycles. The van der Waals surface area contributed by atoms with Crippen LogP contribution in [-0.4, -0.2) is 58.6 Å². The molecule has 5 heteroatoms. The molecule has 0 aromatic heterocycles. The first-order chi connectivity index (χ1) is 13.0. The average Bonchev–Trinajstić information content (AvgIpc) is 2.81. The summed E-state index contributed by atoms with van der Waals surface area (Å²) in [6.45, 7) is 8.76. The first kappa shape index (κ1) is 23.5. The van der Waals surface area contributed by atoms with Crippen molar-refractivity contribution < 1.29 is 14.5 Å². The van der Waals surface area contributed by atoms with Gasteiger partial charge in [-0.05, 0) is 19.9 Å². The molecule has 5 nitrogen and oxygen atoms in total. The molecule has 27 heavy (non-hydrogen) atoms. The number of nitrogens with zero attached hydrogens (tertiary/aromatic N) is 2. The van der Waals surface area contributed by atoms with Crippen molar-refractivity contribution in [3.63, 3.8) is 0 Å². The SMILES string of the molecule is CCCCCCCCCCCCNC(C)N1C#CC(C)=[N+](CC(=O)O)CC1. The standard InChI is InChI=1S/C22H39N3O2/c1-4-5-6-7-8-9-10-11-12-13-15-23-21(3)24-16-14-20(2)25(18-17-24)19-22(26)27/h21,23H,4-13,15,17-19H2,1-3H3/p+1. The van der Waals surface area contributed by atoms with Gasteiger partial charge in [0.05, 0.1) is 12.7 Å². The van der Waals surface area contributed by atoms with Gasteiger partial charge in [0.2, 0.25) is 12.3 Å². The van der Waals surface area contributed by atoms with Crippen LogP contribution >= 0.6 is 0 Å². The van der Waals surface area contributed by atoms with Crippen molar-refractivity contribution in [3.8, 4) is 12.0 Å². The summed E-state index contributed by atoms with van der Waals surface area (Å²) in [7, 11) is 0. The first-order valence-electron chi connectivity index (χ1n) is 10.9. The third-order valence-electron chi connectivity index (χ3n) is 5.23. The monoisotopic (exact) mass is 378 g/mol. The second kappa shape index (κ2) is 14.5. The normalized spacial score (nSPS) is 15.3. The van der Waals surface area contributed by atoms with E-state index in [1.165, 1.54) is 64.2 Å². The van der Waals surface area contributed by atoms with Crippen molar-refractivity contribution in [2.75, 3.05) is 26.2 Å². The minimum atomic E-state index is -0.809. The van der Waals surface area contributed by atoms with E-state index in [0.717, 1.165) is 18.8 Å².